The van der Waals surface area contributed by atoms with E-state index in [1.807, 2.05) is 19.1 Å². The Bertz CT molecular complexity index is 1420. The molecule has 0 bridgehead atoms. The maximum atomic E-state index is 12.5. The predicted molar refractivity (Wildman–Crippen MR) is 133 cm³/mol. The summed E-state index contributed by atoms with van der Waals surface area (Å²) in [4.78, 5) is 45.8. The number of H-pyrrole nitrogens is 1. The molecule has 2 heterocycles. The fourth-order valence-corrected chi connectivity index (χ4v) is 4.13. The van der Waals surface area contributed by atoms with E-state index in [9.17, 15) is 14.4 Å². The van der Waals surface area contributed by atoms with Gasteiger partial charge in [0.15, 0.2) is 10.8 Å². The number of likely N-dealkylation sites (N-methyl/N-ethyl adjacent to an activating group) is 1. The quantitative estimate of drug-likeness (QED) is 0.300. The van der Waals surface area contributed by atoms with Crippen molar-refractivity contribution >= 4 is 51.9 Å². The van der Waals surface area contributed by atoms with Gasteiger partial charge >= 0.3 is 0 Å². The summed E-state index contributed by atoms with van der Waals surface area (Å²) < 4.78 is 1.52. The monoisotopic (exact) mass is 496 g/mol. The molecule has 0 spiro atoms. The second-order valence-electron chi connectivity index (χ2n) is 7.60. The Hall–Kier alpha value is -3.63. The van der Waals surface area contributed by atoms with Crippen molar-refractivity contribution in [3.05, 3.63) is 75.7 Å². The van der Waals surface area contributed by atoms with Crippen molar-refractivity contribution in [2.45, 2.75) is 12.1 Å². The molecule has 9 nitrogen and oxygen atoms in total. The Morgan fingerprint density at radius 1 is 1.21 bits per heavy atom. The molecule has 2 N–H and O–H groups in total. The molecule has 4 aromatic rings. The van der Waals surface area contributed by atoms with Crippen LogP contribution in [0.3, 0.4) is 0 Å². The number of halogens is 1. The smallest absolute Gasteiger partial charge is 0.262 e. The van der Waals surface area contributed by atoms with Crippen molar-refractivity contribution in [2.24, 2.45) is 0 Å². The summed E-state index contributed by atoms with van der Waals surface area (Å²) in [6.07, 6.45) is 1.43. The lowest BCUT2D eigenvalue weighted by atomic mass is 10.2. The van der Waals surface area contributed by atoms with Crippen LogP contribution in [0.15, 0.2) is 64.7 Å². The summed E-state index contributed by atoms with van der Waals surface area (Å²) in [5, 5.41) is 8.13. The predicted octanol–water partition coefficient (Wildman–Crippen LogP) is 3.26. The second kappa shape index (κ2) is 10.1. The van der Waals surface area contributed by atoms with Crippen molar-refractivity contribution in [1.29, 1.82) is 0 Å². The first-order chi connectivity index (χ1) is 16.3. The van der Waals surface area contributed by atoms with E-state index in [0.717, 1.165) is 17.3 Å². The first-order valence-electron chi connectivity index (χ1n) is 10.3. The Kier molecular flexibility index (Phi) is 6.99. The van der Waals surface area contributed by atoms with Crippen LogP contribution < -0.4 is 10.9 Å². The lowest BCUT2D eigenvalue weighted by Gasteiger charge is -2.16. The summed E-state index contributed by atoms with van der Waals surface area (Å²) in [6, 6.07) is 14.4. The van der Waals surface area contributed by atoms with Gasteiger partial charge in [0.25, 0.3) is 5.56 Å². The lowest BCUT2D eigenvalue weighted by Crippen LogP contribution is -2.36. The molecule has 2 aromatic heterocycles. The summed E-state index contributed by atoms with van der Waals surface area (Å²) in [5.41, 5.74) is 2.40. The number of aromatic nitrogens is 4. The Balaban J connectivity index is 1.41. The normalized spacial score (nSPS) is 10.9. The Labute approximate surface area is 204 Å². The highest BCUT2D eigenvalue weighted by Crippen LogP contribution is 2.20. The molecule has 34 heavy (non-hydrogen) atoms. The van der Waals surface area contributed by atoms with Gasteiger partial charge < -0.3 is 15.2 Å². The van der Waals surface area contributed by atoms with E-state index in [2.05, 4.69) is 20.4 Å². The van der Waals surface area contributed by atoms with Gasteiger partial charge in [0.2, 0.25) is 11.8 Å². The average molecular weight is 497 g/mol. The van der Waals surface area contributed by atoms with Crippen LogP contribution in [0, 0.1) is 6.92 Å². The van der Waals surface area contributed by atoms with Crippen molar-refractivity contribution in [1.82, 2.24) is 24.6 Å². The zero-order valence-corrected chi connectivity index (χ0v) is 20.0. The molecule has 2 aromatic carbocycles. The van der Waals surface area contributed by atoms with Gasteiger partial charge in [0, 0.05) is 17.8 Å². The zero-order valence-electron chi connectivity index (χ0n) is 18.4. The molecule has 0 atom stereocenters. The average Bonchev–Trinajstić information content (AvgIpc) is 3.23. The number of nitrogens with zero attached hydrogens (tertiary/aromatic N) is 4. The second-order valence-corrected chi connectivity index (χ2v) is 9.00. The third kappa shape index (κ3) is 5.46. The first kappa shape index (κ1) is 23.5. The van der Waals surface area contributed by atoms with E-state index in [1.54, 1.807) is 43.4 Å². The molecule has 0 saturated carbocycles. The van der Waals surface area contributed by atoms with Gasteiger partial charge in [0.05, 0.1) is 24.2 Å². The summed E-state index contributed by atoms with van der Waals surface area (Å²) in [7, 11) is 1.55. The van der Waals surface area contributed by atoms with Gasteiger partial charge in [-0.05, 0) is 37.3 Å². The maximum absolute atomic E-state index is 12.5. The molecule has 0 aliphatic carbocycles. The van der Waals surface area contributed by atoms with Crippen molar-refractivity contribution in [3.63, 3.8) is 0 Å². The minimum atomic E-state index is -0.362. The molecular formula is C23H21ClN6O3S. The number of amides is 2. The SMILES string of the molecule is Cc1ccc(NC(=O)CN(C)C(=O)CSc2nc3c(cnn3-c3cccc(Cl)c3)c(=O)[nH]2)cc1. The van der Waals surface area contributed by atoms with Gasteiger partial charge in [-0.3, -0.25) is 14.4 Å². The van der Waals surface area contributed by atoms with Crippen LogP contribution in [0.1, 0.15) is 5.56 Å². The highest BCUT2D eigenvalue weighted by atomic mass is 35.5. The van der Waals surface area contributed by atoms with Crippen molar-refractivity contribution in [2.75, 3.05) is 24.7 Å². The van der Waals surface area contributed by atoms with Crippen LogP contribution in [0.2, 0.25) is 5.02 Å². The third-order valence-corrected chi connectivity index (χ3v) is 6.04. The molecule has 0 unspecified atom stereocenters. The number of rotatable bonds is 7. The van der Waals surface area contributed by atoms with Crippen LogP contribution in [-0.4, -0.2) is 55.8 Å². The highest BCUT2D eigenvalue weighted by Gasteiger charge is 2.16. The molecule has 0 fully saturated rings. The number of thioether (sulfide) groups is 1. The van der Waals surface area contributed by atoms with E-state index in [1.165, 1.54) is 15.8 Å². The number of hydrogen-bond donors (Lipinski definition) is 2. The largest absolute Gasteiger partial charge is 0.336 e. The Morgan fingerprint density at radius 3 is 2.71 bits per heavy atom. The van der Waals surface area contributed by atoms with E-state index in [0.29, 0.717) is 27.4 Å². The van der Waals surface area contributed by atoms with Crippen LogP contribution in [0.4, 0.5) is 5.69 Å². The maximum Gasteiger partial charge on any atom is 0.262 e. The molecule has 11 heteroatoms. The minimum Gasteiger partial charge on any atom is -0.336 e. The Morgan fingerprint density at radius 2 is 1.97 bits per heavy atom. The lowest BCUT2D eigenvalue weighted by molar-refractivity contribution is -0.131. The molecule has 0 saturated heterocycles. The van der Waals surface area contributed by atoms with Crippen molar-refractivity contribution in [3.8, 4) is 5.69 Å². The standard InChI is InChI=1S/C23H21ClN6O3S/c1-14-6-8-16(9-7-14)26-19(31)12-29(2)20(32)13-34-23-27-21-18(22(33)28-23)11-25-30(21)17-5-3-4-15(24)10-17/h3-11H,12-13H2,1-2H3,(H,26,31)(H,27,28,33). The molecule has 2 amide bonds. The van der Waals surface area contributed by atoms with E-state index < -0.39 is 0 Å². The minimum absolute atomic E-state index is 0.00589. The van der Waals surface area contributed by atoms with Crippen LogP contribution in [0.25, 0.3) is 16.7 Å². The number of carbonyl (C=O) groups is 2. The van der Waals surface area contributed by atoms with Crippen LogP contribution in [0.5, 0.6) is 0 Å². The zero-order chi connectivity index (χ0) is 24.2. The number of fused-ring (bicyclic) bond motifs is 1. The molecule has 4 rings (SSSR count). The fourth-order valence-electron chi connectivity index (χ4n) is 3.14. The number of nitrogens with one attached hydrogen (secondary N) is 2. The van der Waals surface area contributed by atoms with E-state index in [-0.39, 0.29) is 34.8 Å². The third-order valence-electron chi connectivity index (χ3n) is 4.94. The molecule has 0 aliphatic heterocycles. The molecule has 0 aliphatic rings. The first-order valence-corrected chi connectivity index (χ1v) is 11.6. The summed E-state index contributed by atoms with van der Waals surface area (Å²) >= 11 is 7.15. The number of carbonyl (C=O) groups excluding carboxylic acids is 2. The number of aromatic amines is 1. The van der Waals surface area contributed by atoms with Gasteiger partial charge in [-0.25, -0.2) is 9.67 Å². The number of aryl methyl sites for hydroxylation is 1. The van der Waals surface area contributed by atoms with Gasteiger partial charge in [-0.2, -0.15) is 5.10 Å². The van der Waals surface area contributed by atoms with Crippen LogP contribution in [-0.2, 0) is 9.59 Å². The molecule has 174 valence electrons. The van der Waals surface area contributed by atoms with Crippen molar-refractivity contribution < 1.29 is 9.59 Å². The highest BCUT2D eigenvalue weighted by molar-refractivity contribution is 7.99. The van der Waals surface area contributed by atoms with Gasteiger partial charge in [-0.1, -0.05) is 47.1 Å². The summed E-state index contributed by atoms with van der Waals surface area (Å²) in [6.45, 7) is 1.86. The number of anilines is 1. The van der Waals surface area contributed by atoms with E-state index >= 15 is 0 Å². The van der Waals surface area contributed by atoms with Crippen LogP contribution >= 0.6 is 23.4 Å². The van der Waals surface area contributed by atoms with E-state index in [4.69, 9.17) is 11.6 Å². The van der Waals surface area contributed by atoms with Gasteiger partial charge in [0.1, 0.15) is 5.39 Å². The van der Waals surface area contributed by atoms with Gasteiger partial charge in [-0.15, -0.1) is 0 Å². The number of benzene rings is 2. The molecular weight excluding hydrogens is 476 g/mol. The fraction of sp³-hybridized carbons (Fsp3) is 0.174. The molecule has 0 radical (unpaired) electrons. The summed E-state index contributed by atoms with van der Waals surface area (Å²) in [5.74, 6) is -0.591. The topological polar surface area (TPSA) is 113 Å². The number of hydrogen-bond acceptors (Lipinski definition) is 6.